The molecule has 1 aliphatic carbocycles. The molecule has 9 nitrogen and oxygen atoms in total. The second-order valence-corrected chi connectivity index (χ2v) is 12.9. The summed E-state index contributed by atoms with van der Waals surface area (Å²) in [6.07, 6.45) is 7.25. The van der Waals surface area contributed by atoms with E-state index in [0.717, 1.165) is 110 Å². The summed E-state index contributed by atoms with van der Waals surface area (Å²) in [7, 11) is 2.18. The van der Waals surface area contributed by atoms with Crippen LogP contribution in [0.1, 0.15) is 55.1 Å². The number of hydrogen-bond donors (Lipinski definition) is 3. The predicted octanol–water partition coefficient (Wildman–Crippen LogP) is 5.09. The minimum absolute atomic E-state index is 0.0685. The van der Waals surface area contributed by atoms with Crippen molar-refractivity contribution < 1.29 is 5.11 Å². The second-order valence-electron chi connectivity index (χ2n) is 12.9. The Bertz CT molecular complexity index is 1670. The molecule has 2 fully saturated rings. The van der Waals surface area contributed by atoms with E-state index < -0.39 is 0 Å². The quantitative estimate of drug-likeness (QED) is 0.241. The predicted molar refractivity (Wildman–Crippen MR) is 183 cm³/mol. The van der Waals surface area contributed by atoms with Crippen LogP contribution in [0.3, 0.4) is 0 Å². The van der Waals surface area contributed by atoms with Gasteiger partial charge >= 0.3 is 0 Å². The lowest BCUT2D eigenvalue weighted by molar-refractivity contribution is 0.122. The van der Waals surface area contributed by atoms with Gasteiger partial charge in [-0.1, -0.05) is 6.07 Å². The molecule has 0 amide bonds. The summed E-state index contributed by atoms with van der Waals surface area (Å²) in [4.78, 5) is 32.7. The average Bonchev–Trinajstić information content (AvgIpc) is 3.03. The van der Waals surface area contributed by atoms with Gasteiger partial charge in [-0.05, 0) is 95.0 Å². The van der Waals surface area contributed by atoms with Gasteiger partial charge in [0.25, 0.3) is 5.56 Å². The summed E-state index contributed by atoms with van der Waals surface area (Å²) < 4.78 is 0. The number of nitrogens with one attached hydrogen (secondary N) is 2. The number of nitrogens with zero attached hydrogens (tertiary/aromatic N) is 5. The smallest absolute Gasteiger partial charge is 0.253 e. The van der Waals surface area contributed by atoms with Crippen LogP contribution in [0.2, 0.25) is 0 Å². The number of aromatic amines is 1. The van der Waals surface area contributed by atoms with E-state index in [-0.39, 0.29) is 11.7 Å². The van der Waals surface area contributed by atoms with Crippen molar-refractivity contribution in [3.8, 4) is 11.1 Å². The number of fused-ring (bicyclic) bond motifs is 1. The van der Waals surface area contributed by atoms with Crippen LogP contribution in [0.25, 0.3) is 21.9 Å². The number of aryl methyl sites for hydroxylation is 2. The van der Waals surface area contributed by atoms with Gasteiger partial charge in [0.15, 0.2) is 0 Å². The Labute approximate surface area is 266 Å². The molecule has 1 saturated carbocycles. The molecule has 0 unspecified atom stereocenters. The van der Waals surface area contributed by atoms with Gasteiger partial charge < -0.3 is 25.2 Å². The number of anilines is 2. The molecule has 0 spiro atoms. The molecule has 3 aromatic heterocycles. The highest BCUT2D eigenvalue weighted by Crippen LogP contribution is 2.38. The van der Waals surface area contributed by atoms with E-state index in [1.807, 2.05) is 32.3 Å². The Balaban J connectivity index is 1.37. The van der Waals surface area contributed by atoms with Crippen LogP contribution < -0.4 is 15.8 Å². The average molecular weight is 610 g/mol. The van der Waals surface area contributed by atoms with E-state index >= 15 is 0 Å². The number of likely N-dealkylation sites (N-methyl/N-ethyl adjacent to an activating group) is 1. The molecular formula is C36H47N7O2. The maximum atomic E-state index is 12.8. The third kappa shape index (κ3) is 7.06. The number of aliphatic hydroxyl groups excluding tert-OH is 1. The lowest BCUT2D eigenvalue weighted by Gasteiger charge is -2.37. The Hall–Kier alpha value is -3.79. The van der Waals surface area contributed by atoms with Gasteiger partial charge in [-0.3, -0.25) is 14.7 Å². The third-order valence-corrected chi connectivity index (χ3v) is 9.68. The summed E-state index contributed by atoms with van der Waals surface area (Å²) in [5.74, 6) is 0.754. The van der Waals surface area contributed by atoms with Crippen molar-refractivity contribution in [1.29, 1.82) is 0 Å². The van der Waals surface area contributed by atoms with Gasteiger partial charge in [0.2, 0.25) is 0 Å². The minimum atomic E-state index is -0.202. The fourth-order valence-electron chi connectivity index (χ4n) is 7.00. The lowest BCUT2D eigenvalue weighted by atomic mass is 9.90. The number of hydrogen-bond acceptors (Lipinski definition) is 8. The number of aliphatic hydroxyl groups is 1. The van der Waals surface area contributed by atoms with E-state index in [4.69, 9.17) is 9.97 Å². The van der Waals surface area contributed by atoms with Crippen LogP contribution >= 0.6 is 0 Å². The number of pyridine rings is 3. The summed E-state index contributed by atoms with van der Waals surface area (Å²) in [5.41, 5.74) is 6.88. The topological polar surface area (TPSA) is 101 Å². The van der Waals surface area contributed by atoms with Crippen LogP contribution in [-0.2, 0) is 13.1 Å². The first-order valence-electron chi connectivity index (χ1n) is 16.5. The maximum Gasteiger partial charge on any atom is 0.253 e. The molecular weight excluding hydrogens is 562 g/mol. The van der Waals surface area contributed by atoms with Crippen molar-refractivity contribution in [3.63, 3.8) is 0 Å². The highest BCUT2D eigenvalue weighted by molar-refractivity contribution is 6.03. The van der Waals surface area contributed by atoms with Crippen LogP contribution in [0.5, 0.6) is 0 Å². The molecule has 0 atom stereocenters. The largest absolute Gasteiger partial charge is 0.393 e. The molecule has 238 valence electrons. The lowest BCUT2D eigenvalue weighted by Crippen LogP contribution is -2.43. The number of H-pyrrole nitrogens is 1. The molecule has 4 heterocycles. The zero-order chi connectivity index (χ0) is 31.5. The first-order valence-corrected chi connectivity index (χ1v) is 16.5. The molecule has 45 heavy (non-hydrogen) atoms. The summed E-state index contributed by atoms with van der Waals surface area (Å²) in [6, 6.07) is 13.3. The van der Waals surface area contributed by atoms with E-state index in [9.17, 15) is 9.90 Å². The maximum absolute atomic E-state index is 12.8. The normalized spacial score (nSPS) is 19.6. The monoisotopic (exact) mass is 609 g/mol. The Morgan fingerprint density at radius 2 is 1.76 bits per heavy atom. The van der Waals surface area contributed by atoms with E-state index in [0.29, 0.717) is 18.2 Å². The van der Waals surface area contributed by atoms with E-state index in [1.54, 1.807) is 0 Å². The second kappa shape index (κ2) is 13.7. The molecule has 4 aromatic rings. The SMILES string of the molecule is CCN(c1cc(-c2ccc(CN3CCN(C)CC3)nc2)cc2c(NCc3c(C)cc(C)[nH]c3=O)nccc12)C1CCC(O)CC1. The molecule has 6 rings (SSSR count). The number of rotatable bonds is 9. The van der Waals surface area contributed by atoms with Crippen LogP contribution in [-0.4, -0.2) is 81.8 Å². The molecule has 1 aliphatic heterocycles. The Morgan fingerprint density at radius 3 is 2.44 bits per heavy atom. The zero-order valence-corrected chi connectivity index (χ0v) is 27.1. The number of aromatic nitrogens is 3. The Kier molecular flexibility index (Phi) is 9.49. The zero-order valence-electron chi connectivity index (χ0n) is 27.1. The van der Waals surface area contributed by atoms with Gasteiger partial charge in [0.05, 0.1) is 11.8 Å². The molecule has 3 N–H and O–H groups in total. The highest BCUT2D eigenvalue weighted by atomic mass is 16.3. The molecule has 9 heteroatoms. The van der Waals surface area contributed by atoms with Crippen molar-refractivity contribution in [2.24, 2.45) is 0 Å². The fourth-order valence-corrected chi connectivity index (χ4v) is 7.00. The summed E-state index contributed by atoms with van der Waals surface area (Å²) in [6.45, 7) is 12.5. The summed E-state index contributed by atoms with van der Waals surface area (Å²) >= 11 is 0. The first-order chi connectivity index (χ1) is 21.8. The van der Waals surface area contributed by atoms with Crippen LogP contribution in [0.15, 0.2) is 53.6 Å². The summed E-state index contributed by atoms with van der Waals surface area (Å²) in [5, 5.41) is 15.9. The van der Waals surface area contributed by atoms with Crippen molar-refractivity contribution in [1.82, 2.24) is 24.8 Å². The van der Waals surface area contributed by atoms with Crippen molar-refractivity contribution in [2.75, 3.05) is 50.0 Å². The van der Waals surface area contributed by atoms with Crippen molar-refractivity contribution in [2.45, 2.75) is 71.7 Å². The van der Waals surface area contributed by atoms with Crippen molar-refractivity contribution in [3.05, 3.63) is 81.7 Å². The van der Waals surface area contributed by atoms with Crippen LogP contribution in [0.4, 0.5) is 11.5 Å². The Morgan fingerprint density at radius 1 is 0.978 bits per heavy atom. The van der Waals surface area contributed by atoms with Crippen LogP contribution in [0, 0.1) is 13.8 Å². The third-order valence-electron chi connectivity index (χ3n) is 9.68. The molecule has 1 saturated heterocycles. The van der Waals surface area contributed by atoms with E-state index in [2.05, 4.69) is 69.3 Å². The molecule has 2 aliphatic rings. The van der Waals surface area contributed by atoms with Gasteiger partial charge in [-0.2, -0.15) is 0 Å². The number of piperazine rings is 1. The van der Waals surface area contributed by atoms with Gasteiger partial charge in [0.1, 0.15) is 5.82 Å². The standard InChI is InChI=1S/C36H47N7O2/c1-5-43(29-8-10-30(44)11-9-29)34-20-27(26-6-7-28(38-21-26)23-42-16-14-41(4)15-17-42)19-32-31(34)12-13-37-35(32)39-22-33-24(2)18-25(3)40-36(33)45/h6-7,12-13,18-21,29-30,44H,5,8-11,14-17,22-23H2,1-4H3,(H,37,39)(H,40,45). The number of benzene rings is 1. The minimum Gasteiger partial charge on any atom is -0.393 e. The molecule has 1 aromatic carbocycles. The van der Waals surface area contributed by atoms with Gasteiger partial charge in [-0.15, -0.1) is 0 Å². The molecule has 0 bridgehead atoms. The van der Waals surface area contributed by atoms with E-state index in [1.165, 1.54) is 5.69 Å². The first kappa shape index (κ1) is 31.2. The van der Waals surface area contributed by atoms with Gasteiger partial charge in [0, 0.05) is 97.5 Å². The highest BCUT2D eigenvalue weighted by Gasteiger charge is 2.26. The molecule has 0 radical (unpaired) electrons. The fraction of sp³-hybridized carbons (Fsp3) is 0.472. The van der Waals surface area contributed by atoms with Gasteiger partial charge in [-0.25, -0.2) is 4.98 Å². The van der Waals surface area contributed by atoms with Crippen molar-refractivity contribution >= 4 is 22.3 Å².